The van der Waals surface area contributed by atoms with Crippen molar-refractivity contribution in [3.05, 3.63) is 24.3 Å². The molecule has 26 heavy (non-hydrogen) atoms. The number of rotatable bonds is 5. The van der Waals surface area contributed by atoms with E-state index in [0.29, 0.717) is 19.1 Å². The number of guanidine groups is 2. The molecule has 1 aromatic carbocycles. The third-order valence-corrected chi connectivity index (χ3v) is 4.69. The van der Waals surface area contributed by atoms with Gasteiger partial charge in [-0.05, 0) is 49.9 Å². The number of nitrogens with two attached hydrogens (primary N) is 2. The molecule has 1 spiro atoms. The van der Waals surface area contributed by atoms with Crippen molar-refractivity contribution in [2.24, 2.45) is 21.5 Å². The Balaban J connectivity index is 1.74. The molecule has 140 valence electrons. The molecule has 1 aromatic rings. The van der Waals surface area contributed by atoms with Crippen LogP contribution in [-0.4, -0.2) is 36.6 Å². The number of anilines is 1. The fraction of sp³-hybridized carbons (Fsp3) is 0.500. The predicted molar refractivity (Wildman–Crippen MR) is 102 cm³/mol. The lowest BCUT2D eigenvalue weighted by Crippen LogP contribution is -2.58. The predicted octanol–water partition coefficient (Wildman–Crippen LogP) is 1.31. The van der Waals surface area contributed by atoms with Gasteiger partial charge in [0.25, 0.3) is 0 Å². The van der Waals surface area contributed by atoms with Gasteiger partial charge >= 0.3 is 0 Å². The molecule has 0 unspecified atom stereocenters. The van der Waals surface area contributed by atoms with Crippen molar-refractivity contribution >= 4 is 23.5 Å². The van der Waals surface area contributed by atoms with Gasteiger partial charge in [0, 0.05) is 12.6 Å². The zero-order chi connectivity index (χ0) is 18.6. The van der Waals surface area contributed by atoms with Gasteiger partial charge in [0.05, 0.1) is 6.54 Å². The van der Waals surface area contributed by atoms with E-state index in [1.54, 1.807) is 0 Å². The monoisotopic (exact) mass is 358 g/mol. The second-order valence-corrected chi connectivity index (χ2v) is 6.64. The third-order valence-electron chi connectivity index (χ3n) is 4.69. The summed E-state index contributed by atoms with van der Waals surface area (Å²) in [6.45, 7) is 2.37. The Hall–Kier alpha value is -2.77. The number of ether oxygens (including phenoxy) is 1. The highest BCUT2D eigenvalue weighted by molar-refractivity contribution is 6.05. The van der Waals surface area contributed by atoms with E-state index >= 15 is 0 Å². The maximum atomic E-state index is 10.9. The van der Waals surface area contributed by atoms with E-state index in [0.717, 1.165) is 37.1 Å². The molecule has 0 aromatic heterocycles. The first-order chi connectivity index (χ1) is 12.5. The van der Waals surface area contributed by atoms with E-state index in [9.17, 15) is 4.79 Å². The molecule has 5 N–H and O–H groups in total. The minimum absolute atomic E-state index is 0.0681. The van der Waals surface area contributed by atoms with Crippen molar-refractivity contribution in [2.75, 3.05) is 18.1 Å². The van der Waals surface area contributed by atoms with Gasteiger partial charge in [-0.3, -0.25) is 9.69 Å². The number of aliphatic imine (C=N–C) groups is 2. The molecule has 8 nitrogen and oxygen atoms in total. The maximum Gasteiger partial charge on any atom is 0.220 e. The summed E-state index contributed by atoms with van der Waals surface area (Å²) in [5.74, 6) is 1.28. The topological polar surface area (TPSA) is 118 Å². The van der Waals surface area contributed by atoms with Gasteiger partial charge in [-0.25, -0.2) is 4.99 Å². The van der Waals surface area contributed by atoms with Crippen LogP contribution in [0.15, 0.2) is 34.3 Å². The van der Waals surface area contributed by atoms with Gasteiger partial charge in [-0.2, -0.15) is 4.99 Å². The molecule has 0 saturated heterocycles. The summed E-state index contributed by atoms with van der Waals surface area (Å²) in [5, 5.41) is 2.70. The fourth-order valence-electron chi connectivity index (χ4n) is 3.58. The Morgan fingerprint density at radius 2 is 1.92 bits per heavy atom. The number of amides is 1. The first-order valence-corrected chi connectivity index (χ1v) is 8.97. The van der Waals surface area contributed by atoms with Crippen LogP contribution in [0, 0.1) is 0 Å². The van der Waals surface area contributed by atoms with Crippen molar-refractivity contribution in [3.63, 3.8) is 0 Å². The number of carbonyl (C=O) groups excluding carboxylic acids is 1. The summed E-state index contributed by atoms with van der Waals surface area (Å²) in [5.41, 5.74) is 12.6. The van der Waals surface area contributed by atoms with Crippen LogP contribution in [0.3, 0.4) is 0 Å². The van der Waals surface area contributed by atoms with Crippen molar-refractivity contribution < 1.29 is 9.53 Å². The fourth-order valence-corrected chi connectivity index (χ4v) is 3.58. The number of nitrogens with one attached hydrogen (secondary N) is 1. The summed E-state index contributed by atoms with van der Waals surface area (Å²) in [7, 11) is 0. The van der Waals surface area contributed by atoms with Gasteiger partial charge in [0.15, 0.2) is 0 Å². The number of benzene rings is 1. The lowest BCUT2D eigenvalue weighted by molar-refractivity contribution is -0.119. The SMILES string of the molecule is CC(=O)NCCOc1ccc(N2C(N)=NC(N)=NC23CCCCC3)cc1. The molecule has 1 fully saturated rings. The minimum Gasteiger partial charge on any atom is -0.492 e. The summed E-state index contributed by atoms with van der Waals surface area (Å²) in [4.78, 5) is 21.7. The first kappa shape index (κ1) is 18.0. The largest absolute Gasteiger partial charge is 0.492 e. The van der Waals surface area contributed by atoms with Crippen LogP contribution in [0.1, 0.15) is 39.0 Å². The average Bonchev–Trinajstić information content (AvgIpc) is 2.60. The summed E-state index contributed by atoms with van der Waals surface area (Å²) in [6.07, 6.45) is 5.18. The second kappa shape index (κ2) is 7.63. The van der Waals surface area contributed by atoms with Crippen LogP contribution in [0.25, 0.3) is 0 Å². The highest BCUT2D eigenvalue weighted by Crippen LogP contribution is 2.39. The number of hydrogen-bond acceptors (Lipinski definition) is 7. The van der Waals surface area contributed by atoms with E-state index in [2.05, 4.69) is 15.3 Å². The van der Waals surface area contributed by atoms with Crippen LogP contribution in [0.2, 0.25) is 0 Å². The second-order valence-electron chi connectivity index (χ2n) is 6.64. The van der Waals surface area contributed by atoms with Gasteiger partial charge in [-0.1, -0.05) is 6.42 Å². The quantitative estimate of drug-likeness (QED) is 0.686. The Labute approximate surface area is 153 Å². The molecule has 1 amide bonds. The Kier molecular flexibility index (Phi) is 5.29. The standard InChI is InChI=1S/C18H26N6O2/c1-13(25)21-11-12-26-15-7-5-14(6-8-15)24-17(20)22-16(19)23-18(24)9-3-2-4-10-18/h5-8H,2-4,9-12H2,1H3,(H,21,25)(H4,19,20,22,23). The lowest BCUT2D eigenvalue weighted by Gasteiger charge is -2.45. The van der Waals surface area contributed by atoms with Gasteiger partial charge < -0.3 is 21.5 Å². The normalized spacial score (nSPS) is 18.9. The van der Waals surface area contributed by atoms with Gasteiger partial charge in [-0.15, -0.1) is 0 Å². The van der Waals surface area contributed by atoms with Gasteiger partial charge in [0.2, 0.25) is 17.8 Å². The molecule has 1 aliphatic heterocycles. The van der Waals surface area contributed by atoms with E-state index in [1.165, 1.54) is 13.3 Å². The van der Waals surface area contributed by atoms with Crippen molar-refractivity contribution in [1.82, 2.24) is 5.32 Å². The molecule has 0 atom stereocenters. The summed E-state index contributed by atoms with van der Waals surface area (Å²) >= 11 is 0. The Morgan fingerprint density at radius 3 is 2.58 bits per heavy atom. The molecule has 1 aliphatic carbocycles. The van der Waals surface area contributed by atoms with E-state index in [4.69, 9.17) is 16.2 Å². The van der Waals surface area contributed by atoms with E-state index in [-0.39, 0.29) is 11.9 Å². The number of carbonyl (C=O) groups is 1. The zero-order valence-electron chi connectivity index (χ0n) is 15.1. The Bertz CT molecular complexity index is 707. The highest BCUT2D eigenvalue weighted by atomic mass is 16.5. The number of nitrogens with zero attached hydrogens (tertiary/aromatic N) is 3. The summed E-state index contributed by atoms with van der Waals surface area (Å²) < 4.78 is 5.64. The van der Waals surface area contributed by atoms with Crippen LogP contribution in [0.4, 0.5) is 5.69 Å². The van der Waals surface area contributed by atoms with Crippen LogP contribution in [-0.2, 0) is 4.79 Å². The van der Waals surface area contributed by atoms with Crippen LogP contribution < -0.4 is 26.4 Å². The molecule has 8 heteroatoms. The molecule has 0 radical (unpaired) electrons. The van der Waals surface area contributed by atoms with E-state index in [1.807, 2.05) is 29.2 Å². The first-order valence-electron chi connectivity index (χ1n) is 8.97. The molecule has 2 aliphatic rings. The van der Waals surface area contributed by atoms with Crippen LogP contribution >= 0.6 is 0 Å². The maximum absolute atomic E-state index is 10.9. The van der Waals surface area contributed by atoms with Gasteiger partial charge in [0.1, 0.15) is 18.0 Å². The smallest absolute Gasteiger partial charge is 0.220 e. The minimum atomic E-state index is -0.443. The number of hydrogen-bond donors (Lipinski definition) is 3. The molecular formula is C18H26N6O2. The zero-order valence-corrected chi connectivity index (χ0v) is 15.1. The lowest BCUT2D eigenvalue weighted by atomic mass is 9.87. The molecule has 3 rings (SSSR count). The average molecular weight is 358 g/mol. The molecular weight excluding hydrogens is 332 g/mol. The van der Waals surface area contributed by atoms with Crippen molar-refractivity contribution in [2.45, 2.75) is 44.7 Å². The molecule has 0 bridgehead atoms. The highest BCUT2D eigenvalue weighted by Gasteiger charge is 2.42. The van der Waals surface area contributed by atoms with Crippen LogP contribution in [0.5, 0.6) is 5.75 Å². The molecule has 1 saturated carbocycles. The third kappa shape index (κ3) is 3.89. The van der Waals surface area contributed by atoms with Crippen molar-refractivity contribution in [1.29, 1.82) is 0 Å². The molecule has 1 heterocycles. The van der Waals surface area contributed by atoms with E-state index < -0.39 is 5.66 Å². The summed E-state index contributed by atoms with van der Waals surface area (Å²) in [6, 6.07) is 7.66. The Morgan fingerprint density at radius 1 is 1.23 bits per heavy atom. The van der Waals surface area contributed by atoms with Crippen molar-refractivity contribution in [3.8, 4) is 5.75 Å².